The van der Waals surface area contributed by atoms with E-state index >= 15 is 0 Å². The zero-order valence-electron chi connectivity index (χ0n) is 8.64. The first kappa shape index (κ1) is 10.0. The summed E-state index contributed by atoms with van der Waals surface area (Å²) in [6.45, 7) is 10.5. The third-order valence-corrected chi connectivity index (χ3v) is 2.38. The van der Waals surface area contributed by atoms with Crippen LogP contribution in [0.3, 0.4) is 0 Å². The Balaban J connectivity index is 2.16. The van der Waals surface area contributed by atoms with E-state index in [1.54, 1.807) is 0 Å². The lowest BCUT2D eigenvalue weighted by Gasteiger charge is -2.17. The molecule has 1 saturated heterocycles. The quantitative estimate of drug-likeness (QED) is 0.687. The summed E-state index contributed by atoms with van der Waals surface area (Å²) in [4.78, 5) is 2.56. The zero-order chi connectivity index (χ0) is 8.97. The van der Waals surface area contributed by atoms with E-state index in [4.69, 9.17) is 0 Å². The van der Waals surface area contributed by atoms with Crippen LogP contribution in [0.4, 0.5) is 0 Å². The van der Waals surface area contributed by atoms with Gasteiger partial charge in [-0.3, -0.25) is 0 Å². The van der Waals surface area contributed by atoms with Crippen LogP contribution in [0.1, 0.15) is 33.6 Å². The van der Waals surface area contributed by atoms with Crippen LogP contribution in [0.15, 0.2) is 0 Å². The van der Waals surface area contributed by atoms with Crippen molar-refractivity contribution in [2.24, 2.45) is 0 Å². The van der Waals surface area contributed by atoms with E-state index in [-0.39, 0.29) is 0 Å². The van der Waals surface area contributed by atoms with Crippen LogP contribution in [0, 0.1) is 0 Å². The molecule has 0 spiro atoms. The molecule has 0 saturated carbocycles. The lowest BCUT2D eigenvalue weighted by Crippen LogP contribution is -2.37. The minimum atomic E-state index is 0.636. The highest BCUT2D eigenvalue weighted by atomic mass is 15.2. The van der Waals surface area contributed by atoms with Crippen LogP contribution in [0.25, 0.3) is 0 Å². The summed E-state index contributed by atoms with van der Waals surface area (Å²) < 4.78 is 0. The normalized spacial score (nSPS) is 25.5. The number of nitrogens with one attached hydrogen (secondary N) is 1. The lowest BCUT2D eigenvalue weighted by molar-refractivity contribution is 0.325. The van der Waals surface area contributed by atoms with Gasteiger partial charge in [0.1, 0.15) is 0 Å². The third kappa shape index (κ3) is 3.11. The summed E-state index contributed by atoms with van der Waals surface area (Å²) in [5.41, 5.74) is 0. The Morgan fingerprint density at radius 1 is 1.50 bits per heavy atom. The van der Waals surface area contributed by atoms with E-state index in [1.807, 2.05) is 0 Å². The molecule has 1 fully saturated rings. The van der Waals surface area contributed by atoms with Gasteiger partial charge in [0.2, 0.25) is 0 Å². The van der Waals surface area contributed by atoms with Crippen LogP contribution in [0.5, 0.6) is 0 Å². The lowest BCUT2D eigenvalue weighted by atomic mass is 10.2. The summed E-state index contributed by atoms with van der Waals surface area (Å²) in [7, 11) is 0. The second kappa shape index (κ2) is 4.83. The maximum Gasteiger partial charge on any atom is 0.0209 e. The molecule has 0 aromatic heterocycles. The smallest absolute Gasteiger partial charge is 0.0209 e. The van der Waals surface area contributed by atoms with E-state index < -0.39 is 0 Å². The second-order valence-electron chi connectivity index (χ2n) is 4.11. The van der Waals surface area contributed by atoms with Gasteiger partial charge in [0.15, 0.2) is 0 Å². The SMILES string of the molecule is CCCN1CCC(NC(C)C)C1. The molecule has 1 unspecified atom stereocenters. The average molecular weight is 170 g/mol. The van der Waals surface area contributed by atoms with E-state index in [0.717, 1.165) is 6.04 Å². The Kier molecular flexibility index (Phi) is 4.02. The number of nitrogens with zero attached hydrogens (tertiary/aromatic N) is 1. The summed E-state index contributed by atoms with van der Waals surface area (Å²) in [5.74, 6) is 0. The number of likely N-dealkylation sites (tertiary alicyclic amines) is 1. The molecular weight excluding hydrogens is 148 g/mol. The minimum Gasteiger partial charge on any atom is -0.310 e. The van der Waals surface area contributed by atoms with Crippen LogP contribution in [0.2, 0.25) is 0 Å². The van der Waals surface area contributed by atoms with Crippen molar-refractivity contribution in [3.63, 3.8) is 0 Å². The number of hydrogen-bond acceptors (Lipinski definition) is 2. The van der Waals surface area contributed by atoms with Gasteiger partial charge in [0, 0.05) is 18.6 Å². The summed E-state index contributed by atoms with van der Waals surface area (Å²) in [6, 6.07) is 1.38. The van der Waals surface area contributed by atoms with Crippen molar-refractivity contribution < 1.29 is 0 Å². The molecule has 2 heteroatoms. The first-order valence-corrected chi connectivity index (χ1v) is 5.20. The predicted molar refractivity (Wildman–Crippen MR) is 53.4 cm³/mol. The van der Waals surface area contributed by atoms with Crippen molar-refractivity contribution in [2.45, 2.75) is 45.7 Å². The Morgan fingerprint density at radius 2 is 2.25 bits per heavy atom. The molecule has 0 radical (unpaired) electrons. The fraction of sp³-hybridized carbons (Fsp3) is 1.00. The third-order valence-electron chi connectivity index (χ3n) is 2.38. The molecule has 72 valence electrons. The molecule has 1 heterocycles. The predicted octanol–water partition coefficient (Wildman–Crippen LogP) is 1.47. The average Bonchev–Trinajstić information content (AvgIpc) is 2.36. The van der Waals surface area contributed by atoms with Gasteiger partial charge in [-0.1, -0.05) is 20.8 Å². The number of rotatable bonds is 4. The molecule has 1 N–H and O–H groups in total. The van der Waals surface area contributed by atoms with Gasteiger partial charge in [-0.2, -0.15) is 0 Å². The summed E-state index contributed by atoms with van der Waals surface area (Å²) in [5, 5.41) is 3.59. The van der Waals surface area contributed by atoms with Crippen LogP contribution < -0.4 is 5.32 Å². The van der Waals surface area contributed by atoms with Crippen molar-refractivity contribution in [3.8, 4) is 0 Å². The Bertz CT molecular complexity index is 123. The molecule has 1 atom stereocenters. The van der Waals surface area contributed by atoms with Crippen molar-refractivity contribution in [1.82, 2.24) is 10.2 Å². The molecule has 0 aromatic rings. The van der Waals surface area contributed by atoms with Gasteiger partial charge in [-0.15, -0.1) is 0 Å². The summed E-state index contributed by atoms with van der Waals surface area (Å²) in [6.07, 6.45) is 2.62. The standard InChI is InChI=1S/C10H22N2/c1-4-6-12-7-5-10(8-12)11-9(2)3/h9-11H,4-8H2,1-3H3. The highest BCUT2D eigenvalue weighted by Gasteiger charge is 2.21. The monoisotopic (exact) mass is 170 g/mol. The molecule has 12 heavy (non-hydrogen) atoms. The van der Waals surface area contributed by atoms with Gasteiger partial charge >= 0.3 is 0 Å². The molecule has 0 aliphatic carbocycles. The van der Waals surface area contributed by atoms with Gasteiger partial charge in [-0.25, -0.2) is 0 Å². The highest BCUT2D eigenvalue weighted by Crippen LogP contribution is 2.09. The maximum atomic E-state index is 3.59. The van der Waals surface area contributed by atoms with Crippen molar-refractivity contribution in [3.05, 3.63) is 0 Å². The largest absolute Gasteiger partial charge is 0.310 e. The fourth-order valence-electron chi connectivity index (χ4n) is 1.96. The van der Waals surface area contributed by atoms with Crippen molar-refractivity contribution in [2.75, 3.05) is 19.6 Å². The molecular formula is C10H22N2. The van der Waals surface area contributed by atoms with Gasteiger partial charge in [0.05, 0.1) is 0 Å². The van der Waals surface area contributed by atoms with Crippen molar-refractivity contribution in [1.29, 1.82) is 0 Å². The van der Waals surface area contributed by atoms with E-state index in [0.29, 0.717) is 6.04 Å². The molecule has 2 nitrogen and oxygen atoms in total. The van der Waals surface area contributed by atoms with Crippen LogP contribution in [-0.2, 0) is 0 Å². The first-order chi connectivity index (χ1) is 5.72. The van der Waals surface area contributed by atoms with Crippen LogP contribution in [-0.4, -0.2) is 36.6 Å². The Labute approximate surface area is 76.3 Å². The molecule has 0 amide bonds. The molecule has 1 rings (SSSR count). The van der Waals surface area contributed by atoms with E-state index in [1.165, 1.54) is 32.5 Å². The molecule has 0 bridgehead atoms. The molecule has 1 aliphatic heterocycles. The number of hydrogen-bond donors (Lipinski definition) is 1. The topological polar surface area (TPSA) is 15.3 Å². The fourth-order valence-corrected chi connectivity index (χ4v) is 1.96. The zero-order valence-corrected chi connectivity index (χ0v) is 8.64. The van der Waals surface area contributed by atoms with E-state index in [2.05, 4.69) is 31.0 Å². The highest BCUT2D eigenvalue weighted by molar-refractivity contribution is 4.81. The molecule has 0 aromatic carbocycles. The van der Waals surface area contributed by atoms with E-state index in [9.17, 15) is 0 Å². The minimum absolute atomic E-state index is 0.636. The van der Waals surface area contributed by atoms with Gasteiger partial charge in [0.25, 0.3) is 0 Å². The van der Waals surface area contributed by atoms with Crippen molar-refractivity contribution >= 4 is 0 Å². The second-order valence-corrected chi connectivity index (χ2v) is 4.11. The molecule has 1 aliphatic rings. The first-order valence-electron chi connectivity index (χ1n) is 5.20. The Hall–Kier alpha value is -0.0800. The van der Waals surface area contributed by atoms with Gasteiger partial charge < -0.3 is 10.2 Å². The van der Waals surface area contributed by atoms with Crippen LogP contribution >= 0.6 is 0 Å². The Morgan fingerprint density at radius 3 is 2.83 bits per heavy atom. The summed E-state index contributed by atoms with van der Waals surface area (Å²) >= 11 is 0. The maximum absolute atomic E-state index is 3.59. The van der Waals surface area contributed by atoms with Gasteiger partial charge in [-0.05, 0) is 25.9 Å².